The number of hydrogen-bond donors (Lipinski definition) is 1. The van der Waals surface area contributed by atoms with Gasteiger partial charge in [-0.2, -0.15) is 0 Å². The summed E-state index contributed by atoms with van der Waals surface area (Å²) >= 11 is 0. The Kier molecular flexibility index (Phi) is 8.97. The van der Waals surface area contributed by atoms with E-state index in [-0.39, 0.29) is 5.92 Å². The summed E-state index contributed by atoms with van der Waals surface area (Å²) in [5.74, 6) is 0.144. The lowest BCUT2D eigenvalue weighted by Gasteiger charge is -2.27. The molecule has 2 bridgehead atoms. The normalized spacial score (nSPS) is 29.5. The standard InChI is InChI=1S/C21H36O4/c1-3-4-5-9-14-24-15-18-17(19-12-13-20(18)25-19)11-8-6-7-10-16(2)21(22)23/h6,8,16-20H,3-5,7,9-15H2,1-2H3,(H,22,23)/t16-,17?,18-,19+,20-/m1/s1. The number of aliphatic carboxylic acids is 1. The van der Waals surface area contributed by atoms with E-state index < -0.39 is 5.97 Å². The summed E-state index contributed by atoms with van der Waals surface area (Å²) in [7, 11) is 0. The highest BCUT2D eigenvalue weighted by atomic mass is 16.5. The number of carbonyl (C=O) groups is 1. The Hall–Kier alpha value is -0.870. The van der Waals surface area contributed by atoms with Gasteiger partial charge in [0, 0.05) is 12.5 Å². The molecule has 1 unspecified atom stereocenters. The van der Waals surface area contributed by atoms with Crippen LogP contribution in [0.25, 0.3) is 0 Å². The van der Waals surface area contributed by atoms with Crippen molar-refractivity contribution in [1.82, 2.24) is 0 Å². The number of fused-ring (bicyclic) bond motifs is 2. The molecule has 2 aliphatic heterocycles. The molecule has 5 atom stereocenters. The van der Waals surface area contributed by atoms with E-state index in [9.17, 15) is 4.79 Å². The molecule has 0 aromatic rings. The average Bonchev–Trinajstić information content (AvgIpc) is 3.19. The molecule has 2 heterocycles. The van der Waals surface area contributed by atoms with E-state index in [1.807, 2.05) is 0 Å². The Morgan fingerprint density at radius 2 is 1.96 bits per heavy atom. The molecule has 0 amide bonds. The van der Waals surface area contributed by atoms with Gasteiger partial charge >= 0.3 is 5.97 Å². The van der Waals surface area contributed by atoms with Gasteiger partial charge in [-0.1, -0.05) is 45.3 Å². The number of carboxylic acid groups (broad SMARTS) is 1. The lowest BCUT2D eigenvalue weighted by molar-refractivity contribution is -0.141. The first-order chi connectivity index (χ1) is 12.1. The first-order valence-corrected chi connectivity index (χ1v) is 10.2. The lowest BCUT2D eigenvalue weighted by Crippen LogP contribution is -2.30. The molecule has 0 aliphatic carbocycles. The summed E-state index contributed by atoms with van der Waals surface area (Å²) in [4.78, 5) is 10.8. The van der Waals surface area contributed by atoms with Gasteiger partial charge in [-0.3, -0.25) is 4.79 Å². The molecular weight excluding hydrogens is 316 g/mol. The third-order valence-electron chi connectivity index (χ3n) is 5.81. The summed E-state index contributed by atoms with van der Waals surface area (Å²) in [6.45, 7) is 5.72. The quantitative estimate of drug-likeness (QED) is 0.381. The monoisotopic (exact) mass is 352 g/mol. The highest BCUT2D eigenvalue weighted by Gasteiger charge is 2.48. The van der Waals surface area contributed by atoms with Gasteiger partial charge in [0.05, 0.1) is 24.7 Å². The predicted molar refractivity (Wildman–Crippen MR) is 99.6 cm³/mol. The Bertz CT molecular complexity index is 420. The van der Waals surface area contributed by atoms with Crippen LogP contribution in [0.15, 0.2) is 12.2 Å². The molecule has 1 N–H and O–H groups in total. The molecule has 4 nitrogen and oxygen atoms in total. The number of hydrogen-bond acceptors (Lipinski definition) is 3. The van der Waals surface area contributed by atoms with E-state index in [0.717, 1.165) is 26.1 Å². The fourth-order valence-corrected chi connectivity index (χ4v) is 4.12. The van der Waals surface area contributed by atoms with Gasteiger partial charge in [-0.05, 0) is 44.4 Å². The molecule has 2 fully saturated rings. The summed E-state index contributed by atoms with van der Waals surface area (Å²) in [5, 5.41) is 8.91. The van der Waals surface area contributed by atoms with Crippen molar-refractivity contribution in [2.45, 2.75) is 83.8 Å². The number of carboxylic acids is 1. The maximum atomic E-state index is 10.8. The largest absolute Gasteiger partial charge is 0.481 e. The second-order valence-corrected chi connectivity index (χ2v) is 7.78. The zero-order valence-corrected chi connectivity index (χ0v) is 16.0. The van der Waals surface area contributed by atoms with Crippen molar-refractivity contribution in [2.75, 3.05) is 13.2 Å². The van der Waals surface area contributed by atoms with Crippen LogP contribution in [-0.4, -0.2) is 36.5 Å². The van der Waals surface area contributed by atoms with Gasteiger partial charge < -0.3 is 14.6 Å². The van der Waals surface area contributed by atoms with E-state index in [2.05, 4.69) is 19.1 Å². The van der Waals surface area contributed by atoms with Crippen LogP contribution < -0.4 is 0 Å². The number of rotatable bonds is 13. The van der Waals surface area contributed by atoms with E-state index in [1.165, 1.54) is 38.5 Å². The van der Waals surface area contributed by atoms with Crippen molar-refractivity contribution < 1.29 is 19.4 Å². The van der Waals surface area contributed by atoms with Crippen LogP contribution in [0.1, 0.15) is 71.6 Å². The molecule has 144 valence electrons. The summed E-state index contributed by atoms with van der Waals surface area (Å²) in [6.07, 6.45) is 15.1. The van der Waals surface area contributed by atoms with Gasteiger partial charge in [0.2, 0.25) is 0 Å². The summed E-state index contributed by atoms with van der Waals surface area (Å²) in [6, 6.07) is 0. The highest BCUT2D eigenvalue weighted by molar-refractivity contribution is 5.69. The molecule has 0 aromatic carbocycles. The van der Waals surface area contributed by atoms with Crippen molar-refractivity contribution in [1.29, 1.82) is 0 Å². The van der Waals surface area contributed by atoms with Gasteiger partial charge in [0.15, 0.2) is 0 Å². The maximum absolute atomic E-state index is 10.8. The van der Waals surface area contributed by atoms with Crippen LogP contribution in [0.4, 0.5) is 0 Å². The van der Waals surface area contributed by atoms with Crippen molar-refractivity contribution in [3.8, 4) is 0 Å². The van der Waals surface area contributed by atoms with Gasteiger partial charge in [0.25, 0.3) is 0 Å². The van der Waals surface area contributed by atoms with Crippen LogP contribution in [0.2, 0.25) is 0 Å². The molecule has 4 heteroatoms. The minimum Gasteiger partial charge on any atom is -0.481 e. The molecule has 25 heavy (non-hydrogen) atoms. The maximum Gasteiger partial charge on any atom is 0.306 e. The summed E-state index contributed by atoms with van der Waals surface area (Å²) in [5.41, 5.74) is 0. The number of allylic oxidation sites excluding steroid dienone is 2. The summed E-state index contributed by atoms with van der Waals surface area (Å²) < 4.78 is 12.1. The van der Waals surface area contributed by atoms with E-state index in [0.29, 0.717) is 30.5 Å². The zero-order valence-electron chi connectivity index (χ0n) is 16.0. The van der Waals surface area contributed by atoms with Crippen LogP contribution in [0, 0.1) is 17.8 Å². The van der Waals surface area contributed by atoms with Crippen LogP contribution in [0.3, 0.4) is 0 Å². The molecular formula is C21H36O4. The zero-order chi connectivity index (χ0) is 18.1. The van der Waals surface area contributed by atoms with E-state index in [4.69, 9.17) is 14.6 Å². The second-order valence-electron chi connectivity index (χ2n) is 7.78. The van der Waals surface area contributed by atoms with E-state index >= 15 is 0 Å². The second kappa shape index (κ2) is 11.0. The number of unbranched alkanes of at least 4 members (excludes halogenated alkanes) is 3. The SMILES string of the molecule is CCCCCCOC[C@@H]1C(CC=CCC[C@@H](C)C(=O)O)[C@@H]2CC[C@H]1O2. The first kappa shape index (κ1) is 20.4. The van der Waals surface area contributed by atoms with Gasteiger partial charge in [-0.25, -0.2) is 0 Å². The molecule has 0 saturated carbocycles. The minimum atomic E-state index is -0.703. The Labute approximate surface area is 153 Å². The lowest BCUT2D eigenvalue weighted by atomic mass is 9.78. The number of ether oxygens (including phenoxy) is 2. The molecule has 0 aromatic heterocycles. The minimum absolute atomic E-state index is 0.260. The fourth-order valence-electron chi connectivity index (χ4n) is 4.12. The molecule has 2 saturated heterocycles. The molecule has 0 radical (unpaired) electrons. The molecule has 0 spiro atoms. The molecule has 2 aliphatic rings. The Morgan fingerprint density at radius 1 is 1.20 bits per heavy atom. The van der Waals surface area contributed by atoms with Gasteiger partial charge in [0.1, 0.15) is 0 Å². The Morgan fingerprint density at radius 3 is 2.68 bits per heavy atom. The fraction of sp³-hybridized carbons (Fsp3) is 0.857. The average molecular weight is 353 g/mol. The first-order valence-electron chi connectivity index (χ1n) is 10.2. The van der Waals surface area contributed by atoms with Crippen molar-refractivity contribution in [3.05, 3.63) is 12.2 Å². The van der Waals surface area contributed by atoms with Crippen molar-refractivity contribution in [2.24, 2.45) is 17.8 Å². The van der Waals surface area contributed by atoms with Crippen LogP contribution in [-0.2, 0) is 14.3 Å². The predicted octanol–water partition coefficient (Wildman–Crippen LogP) is 4.82. The van der Waals surface area contributed by atoms with E-state index in [1.54, 1.807) is 6.92 Å². The van der Waals surface area contributed by atoms with Crippen LogP contribution >= 0.6 is 0 Å². The Balaban J connectivity index is 1.67. The smallest absolute Gasteiger partial charge is 0.306 e. The third-order valence-corrected chi connectivity index (χ3v) is 5.81. The highest BCUT2D eigenvalue weighted by Crippen LogP contribution is 2.45. The van der Waals surface area contributed by atoms with Crippen molar-refractivity contribution >= 4 is 5.97 Å². The van der Waals surface area contributed by atoms with Crippen LogP contribution in [0.5, 0.6) is 0 Å². The third kappa shape index (κ3) is 6.41. The molecule has 2 rings (SSSR count). The topological polar surface area (TPSA) is 55.8 Å². The van der Waals surface area contributed by atoms with Gasteiger partial charge in [-0.15, -0.1) is 0 Å². The van der Waals surface area contributed by atoms with Crippen molar-refractivity contribution in [3.63, 3.8) is 0 Å².